The predicted molar refractivity (Wildman–Crippen MR) is 87.5 cm³/mol. The molecule has 0 amide bonds. The van der Waals surface area contributed by atoms with Gasteiger partial charge < -0.3 is 4.98 Å². The van der Waals surface area contributed by atoms with E-state index in [1.165, 1.54) is 11.6 Å². The third-order valence-corrected chi connectivity index (χ3v) is 3.81. The average Bonchev–Trinajstić information content (AvgIpc) is 2.46. The van der Waals surface area contributed by atoms with Gasteiger partial charge in [0.2, 0.25) is 0 Å². The highest BCUT2D eigenvalue weighted by atomic mass is 16.1. The minimum atomic E-state index is -0.287. The molecular formula is C18H22N2O2. The Morgan fingerprint density at radius 2 is 1.73 bits per heavy atom. The summed E-state index contributed by atoms with van der Waals surface area (Å²) in [5.74, 6) is 0.948. The number of hydrogen-bond donors (Lipinski definition) is 1. The molecule has 1 heterocycles. The molecule has 0 aliphatic heterocycles. The van der Waals surface area contributed by atoms with Gasteiger partial charge in [0.25, 0.3) is 5.56 Å². The summed E-state index contributed by atoms with van der Waals surface area (Å²) in [5.41, 5.74) is 2.37. The molecule has 1 atom stereocenters. The summed E-state index contributed by atoms with van der Waals surface area (Å²) < 4.78 is 0. The normalized spacial score (nSPS) is 12.4. The van der Waals surface area contributed by atoms with Crippen LogP contribution in [0.2, 0.25) is 0 Å². The molecule has 4 nitrogen and oxygen atoms in total. The van der Waals surface area contributed by atoms with Gasteiger partial charge in [-0.05, 0) is 29.9 Å². The zero-order valence-electron chi connectivity index (χ0n) is 13.5. The third-order valence-electron chi connectivity index (χ3n) is 3.81. The van der Waals surface area contributed by atoms with E-state index in [0.29, 0.717) is 18.2 Å². The van der Waals surface area contributed by atoms with Crippen molar-refractivity contribution in [3.8, 4) is 0 Å². The van der Waals surface area contributed by atoms with E-state index in [1.807, 2.05) is 6.92 Å². The Hall–Kier alpha value is -2.23. The molecule has 1 N–H and O–H groups in total. The third kappa shape index (κ3) is 3.91. The lowest BCUT2D eigenvalue weighted by Crippen LogP contribution is -2.15. The fourth-order valence-electron chi connectivity index (χ4n) is 2.43. The van der Waals surface area contributed by atoms with Crippen molar-refractivity contribution in [3.63, 3.8) is 0 Å². The Morgan fingerprint density at radius 3 is 2.27 bits per heavy atom. The van der Waals surface area contributed by atoms with E-state index in [-0.39, 0.29) is 23.0 Å². The standard InChI is InChI=1S/C18H22N2O2/c1-11(2)14-5-7-15(8-6-14)12(3)9-17(21)16-10-18(22)20-13(4)19-16/h5-8,10-12H,9H2,1-4H3,(H,19,20,22). The Balaban J connectivity index is 2.12. The van der Waals surface area contributed by atoms with Crippen LogP contribution in [0.1, 0.15) is 66.5 Å². The molecule has 2 rings (SSSR count). The first-order chi connectivity index (χ1) is 10.4. The van der Waals surface area contributed by atoms with Crippen molar-refractivity contribution in [1.29, 1.82) is 0 Å². The van der Waals surface area contributed by atoms with E-state index in [4.69, 9.17) is 0 Å². The number of aryl methyl sites for hydroxylation is 1. The van der Waals surface area contributed by atoms with Crippen molar-refractivity contribution < 1.29 is 4.79 Å². The summed E-state index contributed by atoms with van der Waals surface area (Å²) in [5, 5.41) is 0. The van der Waals surface area contributed by atoms with Crippen LogP contribution in [0, 0.1) is 6.92 Å². The number of carbonyl (C=O) groups is 1. The second kappa shape index (κ2) is 6.69. The molecule has 4 heteroatoms. The maximum absolute atomic E-state index is 12.3. The summed E-state index contributed by atoms with van der Waals surface area (Å²) in [7, 11) is 0. The van der Waals surface area contributed by atoms with Crippen LogP contribution in [-0.2, 0) is 0 Å². The first kappa shape index (κ1) is 16.1. The molecule has 0 aliphatic rings. The molecule has 0 saturated heterocycles. The maximum atomic E-state index is 12.3. The molecule has 1 unspecified atom stereocenters. The number of aromatic amines is 1. The number of ketones is 1. The van der Waals surface area contributed by atoms with Crippen LogP contribution in [0.15, 0.2) is 35.1 Å². The summed E-state index contributed by atoms with van der Waals surface area (Å²) in [6.07, 6.45) is 0.344. The van der Waals surface area contributed by atoms with Crippen molar-refractivity contribution in [3.05, 3.63) is 63.3 Å². The van der Waals surface area contributed by atoms with Crippen LogP contribution in [0.25, 0.3) is 0 Å². The number of aromatic nitrogens is 2. The lowest BCUT2D eigenvalue weighted by atomic mass is 9.92. The highest BCUT2D eigenvalue weighted by molar-refractivity contribution is 5.94. The topological polar surface area (TPSA) is 62.8 Å². The molecule has 0 radical (unpaired) electrons. The summed E-state index contributed by atoms with van der Waals surface area (Å²) >= 11 is 0. The molecule has 116 valence electrons. The number of nitrogens with zero attached hydrogens (tertiary/aromatic N) is 1. The number of H-pyrrole nitrogens is 1. The summed E-state index contributed by atoms with van der Waals surface area (Å²) in [6, 6.07) is 9.63. The number of rotatable bonds is 5. The Labute approximate surface area is 130 Å². The highest BCUT2D eigenvalue weighted by Crippen LogP contribution is 2.23. The average molecular weight is 298 g/mol. The molecule has 1 aromatic carbocycles. The maximum Gasteiger partial charge on any atom is 0.251 e. The number of nitrogens with one attached hydrogen (secondary N) is 1. The molecule has 2 aromatic rings. The van der Waals surface area contributed by atoms with E-state index in [1.54, 1.807) is 6.92 Å². The van der Waals surface area contributed by atoms with Crippen molar-refractivity contribution in [2.45, 2.75) is 46.0 Å². The van der Waals surface area contributed by atoms with Crippen LogP contribution >= 0.6 is 0 Å². The Bertz CT molecular complexity index is 715. The molecular weight excluding hydrogens is 276 g/mol. The minimum absolute atomic E-state index is 0.0927. The quantitative estimate of drug-likeness (QED) is 0.858. The second-order valence-electron chi connectivity index (χ2n) is 6.07. The highest BCUT2D eigenvalue weighted by Gasteiger charge is 2.15. The van der Waals surface area contributed by atoms with E-state index >= 15 is 0 Å². The molecule has 1 aromatic heterocycles. The van der Waals surface area contributed by atoms with E-state index in [9.17, 15) is 9.59 Å². The van der Waals surface area contributed by atoms with Crippen LogP contribution in [0.4, 0.5) is 0 Å². The first-order valence-corrected chi connectivity index (χ1v) is 7.58. The minimum Gasteiger partial charge on any atom is -0.311 e. The van der Waals surface area contributed by atoms with E-state index < -0.39 is 0 Å². The van der Waals surface area contributed by atoms with Crippen molar-refractivity contribution in [1.82, 2.24) is 9.97 Å². The number of Topliss-reactive ketones (excluding diaryl/α,β-unsaturated/α-hetero) is 1. The number of benzene rings is 1. The van der Waals surface area contributed by atoms with Crippen LogP contribution in [-0.4, -0.2) is 15.8 Å². The van der Waals surface area contributed by atoms with Gasteiger partial charge in [0.05, 0.1) is 0 Å². The summed E-state index contributed by atoms with van der Waals surface area (Å²) in [6.45, 7) is 8.00. The molecule has 22 heavy (non-hydrogen) atoms. The molecule has 0 fully saturated rings. The zero-order valence-corrected chi connectivity index (χ0v) is 13.5. The molecule has 0 bridgehead atoms. The van der Waals surface area contributed by atoms with Gasteiger partial charge in [-0.1, -0.05) is 45.0 Å². The molecule has 0 spiro atoms. The number of carbonyl (C=O) groups excluding carboxylic acids is 1. The lowest BCUT2D eigenvalue weighted by molar-refractivity contribution is 0.0970. The summed E-state index contributed by atoms with van der Waals surface area (Å²) in [4.78, 5) is 30.4. The first-order valence-electron chi connectivity index (χ1n) is 7.58. The van der Waals surface area contributed by atoms with E-state index in [2.05, 4.69) is 48.1 Å². The molecule has 0 aliphatic carbocycles. The lowest BCUT2D eigenvalue weighted by Gasteiger charge is -2.13. The zero-order chi connectivity index (χ0) is 16.3. The van der Waals surface area contributed by atoms with E-state index in [0.717, 1.165) is 5.56 Å². The SMILES string of the molecule is Cc1nc(C(=O)CC(C)c2ccc(C(C)C)cc2)cc(=O)[nH]1. The van der Waals surface area contributed by atoms with Gasteiger partial charge in [-0.3, -0.25) is 9.59 Å². The largest absolute Gasteiger partial charge is 0.311 e. The van der Waals surface area contributed by atoms with Gasteiger partial charge in [-0.15, -0.1) is 0 Å². The monoisotopic (exact) mass is 298 g/mol. The van der Waals surface area contributed by atoms with Gasteiger partial charge >= 0.3 is 0 Å². The predicted octanol–water partition coefficient (Wildman–Crippen LogP) is 3.58. The van der Waals surface area contributed by atoms with Gasteiger partial charge in [0.15, 0.2) is 5.78 Å². The van der Waals surface area contributed by atoms with Gasteiger partial charge in [0, 0.05) is 12.5 Å². The fraction of sp³-hybridized carbons (Fsp3) is 0.389. The van der Waals surface area contributed by atoms with Crippen LogP contribution in [0.5, 0.6) is 0 Å². The Kier molecular flexibility index (Phi) is 4.91. The number of hydrogen-bond acceptors (Lipinski definition) is 3. The van der Waals surface area contributed by atoms with Crippen LogP contribution < -0.4 is 5.56 Å². The molecule has 0 saturated carbocycles. The fourth-order valence-corrected chi connectivity index (χ4v) is 2.43. The smallest absolute Gasteiger partial charge is 0.251 e. The van der Waals surface area contributed by atoms with Gasteiger partial charge in [-0.25, -0.2) is 4.98 Å². The van der Waals surface area contributed by atoms with Gasteiger partial charge in [-0.2, -0.15) is 0 Å². The Morgan fingerprint density at radius 1 is 1.14 bits per heavy atom. The second-order valence-corrected chi connectivity index (χ2v) is 6.07. The van der Waals surface area contributed by atoms with Crippen molar-refractivity contribution in [2.75, 3.05) is 0 Å². The van der Waals surface area contributed by atoms with Crippen LogP contribution in [0.3, 0.4) is 0 Å². The van der Waals surface area contributed by atoms with Gasteiger partial charge in [0.1, 0.15) is 11.5 Å². The van der Waals surface area contributed by atoms with Crippen molar-refractivity contribution >= 4 is 5.78 Å². The van der Waals surface area contributed by atoms with Crippen molar-refractivity contribution in [2.24, 2.45) is 0 Å².